The first-order valence-electron chi connectivity index (χ1n) is 12.8. The summed E-state index contributed by atoms with van der Waals surface area (Å²) < 4.78 is 29.4. The van der Waals surface area contributed by atoms with Gasteiger partial charge in [0.1, 0.15) is 12.6 Å². The van der Waals surface area contributed by atoms with Crippen molar-refractivity contribution < 1.29 is 18.0 Å². The number of carbonyl (C=O) groups excluding carboxylic acids is 2. The number of amides is 2. The van der Waals surface area contributed by atoms with Crippen LogP contribution in [0.25, 0.3) is 0 Å². The van der Waals surface area contributed by atoms with Gasteiger partial charge in [0.05, 0.1) is 10.6 Å². The van der Waals surface area contributed by atoms with Crippen LogP contribution in [0.3, 0.4) is 0 Å². The second kappa shape index (κ2) is 13.0. The van der Waals surface area contributed by atoms with Gasteiger partial charge in [0.15, 0.2) is 0 Å². The number of anilines is 1. The first kappa shape index (κ1) is 29.1. The van der Waals surface area contributed by atoms with Crippen LogP contribution in [0.15, 0.2) is 88.2 Å². The molecular weight excluding hydrogens is 602 g/mol. The average molecular weight is 633 g/mol. The summed E-state index contributed by atoms with van der Waals surface area (Å²) in [6, 6.07) is 21.0. The first-order valence-corrected chi connectivity index (χ1v) is 15.4. The highest BCUT2D eigenvalue weighted by Crippen LogP contribution is 2.26. The van der Waals surface area contributed by atoms with Crippen molar-refractivity contribution in [2.45, 2.75) is 56.1 Å². The van der Waals surface area contributed by atoms with E-state index in [0.717, 1.165) is 40.0 Å². The second-order valence-corrected chi connectivity index (χ2v) is 12.8. The Morgan fingerprint density at radius 2 is 1.67 bits per heavy atom. The van der Waals surface area contributed by atoms with E-state index >= 15 is 0 Å². The molecule has 3 aromatic carbocycles. The fourth-order valence-electron chi connectivity index (χ4n) is 4.66. The molecule has 0 heterocycles. The van der Waals surface area contributed by atoms with Gasteiger partial charge in [-0.3, -0.25) is 13.9 Å². The number of carbonyl (C=O) groups is 2. The van der Waals surface area contributed by atoms with Gasteiger partial charge >= 0.3 is 0 Å². The van der Waals surface area contributed by atoms with Gasteiger partial charge in [-0.05, 0) is 73.9 Å². The molecule has 39 heavy (non-hydrogen) atoms. The van der Waals surface area contributed by atoms with Gasteiger partial charge in [-0.25, -0.2) is 8.42 Å². The van der Waals surface area contributed by atoms with Gasteiger partial charge < -0.3 is 10.2 Å². The predicted molar refractivity (Wildman–Crippen MR) is 157 cm³/mol. The fourth-order valence-corrected chi connectivity index (χ4v) is 6.67. The molecule has 2 amide bonds. The minimum atomic E-state index is -4.11. The molecule has 3 aromatic rings. The minimum absolute atomic E-state index is 0.0540. The molecule has 206 valence electrons. The van der Waals surface area contributed by atoms with Crippen molar-refractivity contribution in [2.24, 2.45) is 0 Å². The van der Waals surface area contributed by atoms with E-state index in [4.69, 9.17) is 11.6 Å². The van der Waals surface area contributed by atoms with E-state index in [9.17, 15) is 18.0 Å². The molecule has 1 saturated carbocycles. The molecule has 1 N–H and O–H groups in total. The summed E-state index contributed by atoms with van der Waals surface area (Å²) in [4.78, 5) is 28.7. The zero-order chi connectivity index (χ0) is 28.0. The topological polar surface area (TPSA) is 86.8 Å². The molecule has 0 aliphatic heterocycles. The van der Waals surface area contributed by atoms with E-state index in [0.29, 0.717) is 10.7 Å². The van der Waals surface area contributed by atoms with E-state index in [2.05, 4.69) is 21.2 Å². The van der Waals surface area contributed by atoms with Crippen LogP contribution in [0.2, 0.25) is 5.02 Å². The Labute approximate surface area is 243 Å². The van der Waals surface area contributed by atoms with Crippen LogP contribution in [0.5, 0.6) is 0 Å². The fraction of sp³-hybridized carbons (Fsp3) is 0.310. The molecule has 0 saturated heterocycles. The van der Waals surface area contributed by atoms with Crippen LogP contribution >= 0.6 is 27.5 Å². The van der Waals surface area contributed by atoms with Crippen LogP contribution in [0.4, 0.5) is 5.69 Å². The highest BCUT2D eigenvalue weighted by atomic mass is 79.9. The van der Waals surface area contributed by atoms with Crippen LogP contribution in [0, 0.1) is 0 Å². The molecule has 1 fully saturated rings. The van der Waals surface area contributed by atoms with Crippen molar-refractivity contribution in [3.8, 4) is 0 Å². The van der Waals surface area contributed by atoms with Crippen molar-refractivity contribution in [3.63, 3.8) is 0 Å². The van der Waals surface area contributed by atoms with Crippen LogP contribution in [0.1, 0.15) is 38.2 Å². The van der Waals surface area contributed by atoms with E-state index in [-0.39, 0.29) is 23.4 Å². The molecule has 0 unspecified atom stereocenters. The van der Waals surface area contributed by atoms with E-state index in [1.165, 1.54) is 17.0 Å². The van der Waals surface area contributed by atoms with Gasteiger partial charge in [-0.1, -0.05) is 70.7 Å². The average Bonchev–Trinajstić information content (AvgIpc) is 3.44. The summed E-state index contributed by atoms with van der Waals surface area (Å²) in [5.74, 6) is -0.757. The molecule has 7 nitrogen and oxygen atoms in total. The highest BCUT2D eigenvalue weighted by molar-refractivity contribution is 9.10. The molecule has 4 rings (SSSR count). The van der Waals surface area contributed by atoms with Crippen LogP contribution in [-0.4, -0.2) is 43.8 Å². The lowest BCUT2D eigenvalue weighted by Gasteiger charge is -2.32. The Morgan fingerprint density at radius 1 is 1.00 bits per heavy atom. The Balaban J connectivity index is 1.67. The molecule has 1 atom stereocenters. The maximum Gasteiger partial charge on any atom is 0.264 e. The number of halogens is 2. The lowest BCUT2D eigenvalue weighted by atomic mass is 10.1. The third-order valence-corrected chi connectivity index (χ3v) is 9.37. The molecule has 1 aliphatic carbocycles. The van der Waals surface area contributed by atoms with Crippen molar-refractivity contribution in [1.82, 2.24) is 10.2 Å². The molecular formula is C29H31BrClN3O4S. The lowest BCUT2D eigenvalue weighted by molar-refractivity contribution is -0.139. The Morgan fingerprint density at radius 3 is 2.31 bits per heavy atom. The number of rotatable bonds is 10. The highest BCUT2D eigenvalue weighted by Gasteiger charge is 2.33. The number of hydrogen-bond acceptors (Lipinski definition) is 4. The number of hydrogen-bond donors (Lipinski definition) is 1. The van der Waals surface area contributed by atoms with Gasteiger partial charge in [0.25, 0.3) is 10.0 Å². The van der Waals surface area contributed by atoms with Crippen molar-refractivity contribution in [1.29, 1.82) is 0 Å². The third-order valence-electron chi connectivity index (χ3n) is 6.84. The standard InChI is InChI=1S/C29H31BrClN3O4S/c1-21(29(36)32-25-10-5-6-11-25)33(19-22-8-7-9-23(30)18-22)28(35)20-34(26-16-14-24(31)15-17-26)39(37,38)27-12-3-2-4-13-27/h2-4,7-9,12-18,21,25H,5-6,10-11,19-20H2,1H3,(H,32,36)/t21-/m1/s1. The van der Waals surface area contributed by atoms with Crippen LogP contribution in [-0.2, 0) is 26.2 Å². The van der Waals surface area contributed by atoms with Crippen molar-refractivity contribution >= 4 is 55.1 Å². The maximum atomic E-state index is 13.9. The summed E-state index contributed by atoms with van der Waals surface area (Å²) in [5.41, 5.74) is 1.10. The van der Waals surface area contributed by atoms with E-state index in [1.807, 2.05) is 24.3 Å². The maximum absolute atomic E-state index is 13.9. The summed E-state index contributed by atoms with van der Waals surface area (Å²) >= 11 is 9.52. The van der Waals surface area contributed by atoms with E-state index in [1.54, 1.807) is 49.4 Å². The second-order valence-electron chi connectivity index (χ2n) is 9.62. The van der Waals surface area contributed by atoms with Gasteiger partial charge in [0.2, 0.25) is 11.8 Å². The SMILES string of the molecule is C[C@H](C(=O)NC1CCCC1)N(Cc1cccc(Br)c1)C(=O)CN(c1ccc(Cl)cc1)S(=O)(=O)c1ccccc1. The molecule has 10 heteroatoms. The Kier molecular flexibility index (Phi) is 9.69. The molecule has 0 bridgehead atoms. The lowest BCUT2D eigenvalue weighted by Crippen LogP contribution is -2.52. The largest absolute Gasteiger partial charge is 0.352 e. The molecule has 0 radical (unpaired) electrons. The number of nitrogens with zero attached hydrogens (tertiary/aromatic N) is 2. The smallest absolute Gasteiger partial charge is 0.264 e. The first-order chi connectivity index (χ1) is 18.6. The summed E-state index contributed by atoms with van der Waals surface area (Å²) in [6.07, 6.45) is 3.95. The quantitative estimate of drug-likeness (QED) is 0.307. The summed E-state index contributed by atoms with van der Waals surface area (Å²) in [5, 5.41) is 3.51. The number of benzene rings is 3. The summed E-state index contributed by atoms with van der Waals surface area (Å²) in [6.45, 7) is 1.32. The van der Waals surface area contributed by atoms with Gasteiger partial charge in [-0.2, -0.15) is 0 Å². The summed E-state index contributed by atoms with van der Waals surface area (Å²) in [7, 11) is -4.11. The zero-order valence-electron chi connectivity index (χ0n) is 21.6. The minimum Gasteiger partial charge on any atom is -0.352 e. The van der Waals surface area contributed by atoms with Crippen molar-refractivity contribution in [3.05, 3.63) is 93.9 Å². The third kappa shape index (κ3) is 7.41. The van der Waals surface area contributed by atoms with Crippen LogP contribution < -0.4 is 9.62 Å². The van der Waals surface area contributed by atoms with Crippen molar-refractivity contribution in [2.75, 3.05) is 10.8 Å². The van der Waals surface area contributed by atoms with E-state index < -0.39 is 28.5 Å². The Hall–Kier alpha value is -2.88. The molecule has 0 spiro atoms. The van der Waals surface area contributed by atoms with Gasteiger partial charge in [-0.15, -0.1) is 0 Å². The predicted octanol–water partition coefficient (Wildman–Crippen LogP) is 5.77. The monoisotopic (exact) mass is 631 g/mol. The normalized spacial score (nSPS) is 14.5. The zero-order valence-corrected chi connectivity index (χ0v) is 24.8. The van der Waals surface area contributed by atoms with Gasteiger partial charge in [0, 0.05) is 22.1 Å². The number of sulfonamides is 1. The Bertz CT molecular complexity index is 1400. The number of nitrogens with one attached hydrogen (secondary N) is 1. The molecule has 0 aromatic heterocycles. The molecule has 1 aliphatic rings.